The number of nitrogens with zero attached hydrogens (tertiary/aromatic N) is 1. The molecule has 0 aliphatic heterocycles. The fourth-order valence-corrected chi connectivity index (χ4v) is 10.2. The quantitative estimate of drug-likeness (QED) is 0.146. The normalized spacial score (nSPS) is 33.8. The summed E-state index contributed by atoms with van der Waals surface area (Å²) in [6, 6.07) is 6.43. The fraction of sp³-hybridized carbons (Fsp3) is 0.769. The first kappa shape index (κ1) is 41.8. The molecule has 0 heterocycles. The number of carbonyl (C=O) groups excluding carboxylic acids is 3. The summed E-state index contributed by atoms with van der Waals surface area (Å²) in [5.41, 5.74) is -2.03. The topological polar surface area (TPSA) is 195 Å². The Morgan fingerprint density at radius 3 is 2.29 bits per heavy atom. The van der Waals surface area contributed by atoms with Gasteiger partial charge in [0, 0.05) is 44.1 Å². The summed E-state index contributed by atoms with van der Waals surface area (Å²) in [5.74, 6) is 0.380. The molecule has 1 aromatic carbocycles. The van der Waals surface area contributed by atoms with Crippen molar-refractivity contribution < 1.29 is 48.8 Å². The molecule has 5 aliphatic rings. The molecule has 1 amide bonds. The van der Waals surface area contributed by atoms with Crippen LogP contribution in [0.4, 0.5) is 10.5 Å². The Balaban J connectivity index is 0.000000207. The van der Waals surface area contributed by atoms with Crippen molar-refractivity contribution >= 4 is 23.3 Å². The third kappa shape index (κ3) is 9.03. The maximum atomic E-state index is 13.4. The lowest BCUT2D eigenvalue weighted by atomic mass is 9.44. The molecule has 0 radical (unpaired) electrons. The van der Waals surface area contributed by atoms with E-state index in [2.05, 4.69) is 21.7 Å². The third-order valence-electron chi connectivity index (χ3n) is 13.0. The molecule has 0 bridgehead atoms. The molecule has 5 saturated carbocycles. The zero-order valence-electron chi connectivity index (χ0n) is 31.3. The molecule has 1 aromatic rings. The molecular formula is C39H60N2O11. The lowest BCUT2D eigenvalue weighted by molar-refractivity contribution is -0.385. The highest BCUT2D eigenvalue weighted by Crippen LogP contribution is 2.67. The zero-order valence-corrected chi connectivity index (χ0v) is 31.3. The van der Waals surface area contributed by atoms with Gasteiger partial charge in [-0.25, -0.2) is 4.79 Å². The van der Waals surface area contributed by atoms with Crippen molar-refractivity contribution in [1.82, 2.24) is 5.32 Å². The number of nitro benzene ring substituents is 1. The Morgan fingerprint density at radius 1 is 0.981 bits per heavy atom. The summed E-state index contributed by atoms with van der Waals surface area (Å²) in [6.45, 7) is 4.76. The molecule has 4 N–H and O–H groups in total. The van der Waals surface area contributed by atoms with Gasteiger partial charge in [-0.05, 0) is 87.0 Å². The van der Waals surface area contributed by atoms with Gasteiger partial charge in [-0.1, -0.05) is 45.2 Å². The molecule has 13 nitrogen and oxygen atoms in total. The van der Waals surface area contributed by atoms with E-state index < -0.39 is 34.4 Å². The number of rotatable bonds is 9. The number of ether oxygens (including phenoxy) is 3. The zero-order chi connectivity index (χ0) is 38.1. The maximum Gasteiger partial charge on any atom is 0.407 e. The van der Waals surface area contributed by atoms with Crippen molar-refractivity contribution in [2.75, 3.05) is 34.0 Å². The van der Waals surface area contributed by atoms with E-state index in [1.54, 1.807) is 32.4 Å². The minimum absolute atomic E-state index is 0.0154. The average molecular weight is 733 g/mol. The van der Waals surface area contributed by atoms with Gasteiger partial charge in [0.05, 0.1) is 29.8 Å². The van der Waals surface area contributed by atoms with Crippen LogP contribution in [0.25, 0.3) is 0 Å². The van der Waals surface area contributed by atoms with Crippen LogP contribution in [-0.4, -0.2) is 89.7 Å². The number of fused-ring (bicyclic) bond motifs is 5. The Labute approximate surface area is 307 Å². The van der Waals surface area contributed by atoms with E-state index in [-0.39, 0.29) is 59.8 Å². The van der Waals surface area contributed by atoms with Crippen molar-refractivity contribution in [3.63, 3.8) is 0 Å². The molecule has 52 heavy (non-hydrogen) atoms. The van der Waals surface area contributed by atoms with Crippen LogP contribution in [0.5, 0.6) is 0 Å². The smallest absolute Gasteiger partial charge is 0.407 e. The minimum atomic E-state index is -1.58. The number of alkyl carbamates (subject to hydrolysis) is 1. The number of benzene rings is 1. The molecule has 0 unspecified atom stereocenters. The van der Waals surface area contributed by atoms with Gasteiger partial charge < -0.3 is 34.8 Å². The molecule has 292 valence electrons. The highest BCUT2D eigenvalue weighted by molar-refractivity contribution is 5.92. The highest BCUT2D eigenvalue weighted by Gasteiger charge is 2.68. The van der Waals surface area contributed by atoms with E-state index in [0.29, 0.717) is 31.1 Å². The highest BCUT2D eigenvalue weighted by atomic mass is 16.6. The fourth-order valence-electron chi connectivity index (χ4n) is 10.2. The number of amides is 1. The minimum Gasteiger partial charge on any atom is -0.444 e. The van der Waals surface area contributed by atoms with Crippen LogP contribution in [0.3, 0.4) is 0 Å². The Kier molecular flexibility index (Phi) is 14.8. The number of ketones is 2. The number of hydrogen-bond donors (Lipinski definition) is 4. The van der Waals surface area contributed by atoms with Gasteiger partial charge in [0.2, 0.25) is 0 Å². The second-order valence-electron chi connectivity index (χ2n) is 15.9. The summed E-state index contributed by atoms with van der Waals surface area (Å²) in [4.78, 5) is 47.7. The van der Waals surface area contributed by atoms with E-state index in [0.717, 1.165) is 64.2 Å². The Hall–Kier alpha value is -2.97. The average Bonchev–Trinajstić information content (AvgIpc) is 3.40. The first-order valence-corrected chi connectivity index (χ1v) is 19.0. The largest absolute Gasteiger partial charge is 0.444 e. The maximum absolute atomic E-state index is 13.4. The predicted octanol–water partition coefficient (Wildman–Crippen LogP) is 5.29. The number of aliphatic hydroxyl groups is 3. The van der Waals surface area contributed by atoms with Crippen LogP contribution in [0.15, 0.2) is 24.3 Å². The number of methoxy groups -OCH3 is 2. The second kappa shape index (κ2) is 18.4. The Morgan fingerprint density at radius 2 is 1.65 bits per heavy atom. The van der Waals surface area contributed by atoms with Gasteiger partial charge in [0.1, 0.15) is 24.6 Å². The second-order valence-corrected chi connectivity index (χ2v) is 15.9. The molecule has 13 heteroatoms. The van der Waals surface area contributed by atoms with Crippen LogP contribution >= 0.6 is 0 Å². The van der Waals surface area contributed by atoms with Crippen LogP contribution in [0, 0.1) is 44.6 Å². The number of para-hydroxylation sites is 1. The first-order valence-electron chi connectivity index (χ1n) is 19.0. The number of aliphatic hydroxyl groups excluding tert-OH is 2. The first-order chi connectivity index (χ1) is 24.7. The van der Waals surface area contributed by atoms with Crippen molar-refractivity contribution in [3.8, 4) is 0 Å². The Bertz CT molecular complexity index is 1380. The van der Waals surface area contributed by atoms with Gasteiger partial charge in [-0.3, -0.25) is 19.7 Å². The van der Waals surface area contributed by atoms with Gasteiger partial charge in [-0.15, -0.1) is 0 Å². The van der Waals surface area contributed by atoms with Crippen LogP contribution < -0.4 is 5.32 Å². The van der Waals surface area contributed by atoms with Gasteiger partial charge in [-0.2, -0.15) is 0 Å². The summed E-state index contributed by atoms with van der Waals surface area (Å²) in [6.07, 6.45) is 10.4. The molecule has 8 atom stereocenters. The summed E-state index contributed by atoms with van der Waals surface area (Å²) in [5, 5.41) is 44.3. The molecular weight excluding hydrogens is 672 g/mol. The summed E-state index contributed by atoms with van der Waals surface area (Å²) < 4.78 is 14.4. The monoisotopic (exact) mass is 732 g/mol. The molecule has 5 fully saturated rings. The van der Waals surface area contributed by atoms with E-state index in [9.17, 15) is 39.8 Å². The number of nitro groups is 1. The number of Topliss-reactive ketones (excluding diaryl/α,β-unsaturated/α-hetero) is 2. The number of nitrogens with one attached hydrogen (secondary N) is 1. The summed E-state index contributed by atoms with van der Waals surface area (Å²) >= 11 is 0. The molecule has 0 aromatic heterocycles. The van der Waals surface area contributed by atoms with E-state index in [1.165, 1.54) is 12.5 Å². The lowest BCUT2D eigenvalue weighted by Gasteiger charge is -2.60. The van der Waals surface area contributed by atoms with Gasteiger partial charge in [0.15, 0.2) is 5.78 Å². The SMILES string of the molecule is COCCOC.C[C@]12CC[C@@H](O)C[C@H]1CC[C@@H]1[C@@H]2C(=O)C[C@@]2(C)[C@H]1CC[C@]2(O)C(=O)CO.O=C(NC1CCCCC1)OCc1ccccc1[N+](=O)[O-]. The van der Waals surface area contributed by atoms with Crippen molar-refractivity contribution in [2.45, 2.75) is 122 Å². The van der Waals surface area contributed by atoms with E-state index >= 15 is 0 Å². The standard InChI is InChI=1S/C21H32O5.C14H18N2O4.C4H10O2/c1-19-7-5-13(23)9-12(19)3-4-14-15-6-8-21(26,17(25)11-22)20(15,2)10-16(24)18(14)19;17-14(15-12-7-2-1-3-8-12)20-10-11-6-4-5-9-13(11)16(18)19;1-5-3-4-6-2/h12-15,18,22-23,26H,3-11H2,1-2H3;4-6,9,12H,1-3,7-8,10H2,(H,15,17);3-4H2,1-2H3/t12-,13-,14+,15+,18-,19+,20+,21+;;/m1../s1. The number of hydrogen-bond acceptors (Lipinski definition) is 11. The van der Waals surface area contributed by atoms with Crippen LogP contribution in [0.1, 0.15) is 103 Å². The van der Waals surface area contributed by atoms with Crippen molar-refractivity contribution in [3.05, 3.63) is 39.9 Å². The van der Waals surface area contributed by atoms with Crippen molar-refractivity contribution in [1.29, 1.82) is 0 Å². The molecule has 0 spiro atoms. The van der Waals surface area contributed by atoms with E-state index in [4.69, 9.17) is 4.74 Å². The lowest BCUT2D eigenvalue weighted by Crippen LogP contribution is -2.62. The van der Waals surface area contributed by atoms with Gasteiger partial charge in [0.25, 0.3) is 5.69 Å². The van der Waals surface area contributed by atoms with E-state index in [1.807, 2.05) is 6.92 Å². The molecule has 6 rings (SSSR count). The van der Waals surface area contributed by atoms with Gasteiger partial charge >= 0.3 is 6.09 Å². The summed E-state index contributed by atoms with van der Waals surface area (Å²) in [7, 11) is 3.30. The van der Waals surface area contributed by atoms with Crippen LogP contribution in [0.2, 0.25) is 0 Å². The predicted molar refractivity (Wildman–Crippen MR) is 192 cm³/mol. The van der Waals surface area contributed by atoms with Crippen molar-refractivity contribution in [2.24, 2.45) is 34.5 Å². The molecule has 0 saturated heterocycles. The number of carbonyl (C=O) groups is 3. The molecule has 5 aliphatic carbocycles. The third-order valence-corrected chi connectivity index (χ3v) is 13.0. The van der Waals surface area contributed by atoms with Crippen LogP contribution in [-0.2, 0) is 30.4 Å².